The van der Waals surface area contributed by atoms with Gasteiger partial charge in [-0.3, -0.25) is 4.79 Å². The minimum atomic E-state index is -0.339. The summed E-state index contributed by atoms with van der Waals surface area (Å²) in [6.45, 7) is 11.4. The molecule has 34 heavy (non-hydrogen) atoms. The first kappa shape index (κ1) is 29.8. The topological polar surface area (TPSA) is 72.8 Å². The zero-order chi connectivity index (χ0) is 25.3. The van der Waals surface area contributed by atoms with E-state index in [9.17, 15) is 9.59 Å². The Kier molecular flexibility index (Phi) is 15.1. The number of aldehydes is 1. The van der Waals surface area contributed by atoms with Crippen LogP contribution in [0.2, 0.25) is 0 Å². The lowest BCUT2D eigenvalue weighted by Crippen LogP contribution is -2.17. The Hall–Kier alpha value is -2.24. The largest absolute Gasteiger partial charge is 0.462 e. The van der Waals surface area contributed by atoms with Crippen LogP contribution in [0.1, 0.15) is 88.2 Å². The molecule has 5 heteroatoms. The molecule has 1 atom stereocenters. The molecule has 1 saturated carbocycles. The summed E-state index contributed by atoms with van der Waals surface area (Å²) in [5, 5.41) is 8.00. The quantitative estimate of drug-likeness (QED) is 0.162. The van der Waals surface area contributed by atoms with Crippen LogP contribution in [0.25, 0.3) is 0 Å². The van der Waals surface area contributed by atoms with E-state index >= 15 is 0 Å². The van der Waals surface area contributed by atoms with Crippen LogP contribution in [0.15, 0.2) is 48.6 Å². The maximum absolute atomic E-state index is 11.7. The Morgan fingerprint density at radius 2 is 1.76 bits per heavy atom. The molecule has 2 rings (SSSR count). The molecular weight excluding hydrogens is 428 g/mol. The molecule has 0 heterocycles. The number of hydrogen-bond acceptors (Lipinski definition) is 5. The first-order valence-corrected chi connectivity index (χ1v) is 12.5. The molecule has 1 aliphatic carbocycles. The molecule has 1 fully saturated rings. The Morgan fingerprint density at radius 3 is 2.24 bits per heavy atom. The van der Waals surface area contributed by atoms with Gasteiger partial charge in [0.15, 0.2) is 0 Å². The van der Waals surface area contributed by atoms with E-state index in [2.05, 4.69) is 44.3 Å². The van der Waals surface area contributed by atoms with Crippen molar-refractivity contribution in [2.24, 2.45) is 5.92 Å². The maximum atomic E-state index is 11.7. The zero-order valence-electron chi connectivity index (χ0n) is 21.4. The van der Waals surface area contributed by atoms with Crippen molar-refractivity contribution in [1.29, 1.82) is 0 Å². The lowest BCUT2D eigenvalue weighted by Gasteiger charge is -2.29. The van der Waals surface area contributed by atoms with E-state index < -0.39 is 0 Å². The van der Waals surface area contributed by atoms with Gasteiger partial charge in [0, 0.05) is 24.2 Å². The lowest BCUT2D eigenvalue weighted by atomic mass is 9.77. The molecule has 1 aromatic rings. The molecule has 1 aliphatic rings. The number of esters is 1. The standard InChI is InChI=1S/C25H38O3.C4H6O2/c1-5-6-7-8-20-9-11-21(12-10-20)22-13-15-23(16-14-22)24(17-27-4)18-28-25(26)19(2)3;1-4(2-5)3-6/h13-16,20-21,24H,2,5-12,17-18H2,1,3-4H3;2,6H,1,3H2. The molecule has 0 bridgehead atoms. The van der Waals surface area contributed by atoms with E-state index in [0.717, 1.165) is 11.5 Å². The van der Waals surface area contributed by atoms with Crippen molar-refractivity contribution in [2.75, 3.05) is 26.9 Å². The highest BCUT2D eigenvalue weighted by Gasteiger charge is 2.22. The number of hydrogen-bond donors (Lipinski definition) is 1. The number of aliphatic hydroxyl groups is 1. The van der Waals surface area contributed by atoms with E-state index in [1.54, 1.807) is 14.0 Å². The van der Waals surface area contributed by atoms with Gasteiger partial charge in [0.05, 0.1) is 13.2 Å². The first-order chi connectivity index (χ1) is 16.4. The molecule has 0 saturated heterocycles. The normalized spacial score (nSPS) is 18.2. The molecule has 0 aliphatic heterocycles. The second-order valence-electron chi connectivity index (χ2n) is 9.35. The van der Waals surface area contributed by atoms with Crippen molar-refractivity contribution in [3.8, 4) is 0 Å². The predicted molar refractivity (Wildman–Crippen MR) is 138 cm³/mol. The van der Waals surface area contributed by atoms with E-state index in [4.69, 9.17) is 14.6 Å². The molecule has 1 unspecified atom stereocenters. The van der Waals surface area contributed by atoms with Crippen LogP contribution in [-0.2, 0) is 19.1 Å². The van der Waals surface area contributed by atoms with Gasteiger partial charge in [0.1, 0.15) is 12.9 Å². The van der Waals surface area contributed by atoms with Gasteiger partial charge in [0.2, 0.25) is 0 Å². The fourth-order valence-corrected chi connectivity index (χ4v) is 4.29. The molecule has 0 radical (unpaired) electrons. The number of carbonyl (C=O) groups is 2. The Balaban J connectivity index is 0.000000852. The molecule has 0 aromatic heterocycles. The first-order valence-electron chi connectivity index (χ1n) is 12.5. The number of rotatable bonds is 13. The number of aliphatic hydroxyl groups excluding tert-OH is 1. The Labute approximate surface area is 206 Å². The van der Waals surface area contributed by atoms with Gasteiger partial charge >= 0.3 is 5.97 Å². The highest BCUT2D eigenvalue weighted by Crippen LogP contribution is 2.38. The molecule has 1 aromatic carbocycles. The summed E-state index contributed by atoms with van der Waals surface area (Å²) in [5.74, 6) is 1.35. The van der Waals surface area contributed by atoms with Gasteiger partial charge in [0.25, 0.3) is 0 Å². The number of methoxy groups -OCH3 is 1. The van der Waals surface area contributed by atoms with Gasteiger partial charge < -0.3 is 14.6 Å². The molecule has 5 nitrogen and oxygen atoms in total. The van der Waals surface area contributed by atoms with Crippen LogP contribution >= 0.6 is 0 Å². The third-order valence-corrected chi connectivity index (χ3v) is 6.44. The summed E-state index contributed by atoms with van der Waals surface area (Å²) in [6.07, 6.45) is 11.4. The minimum Gasteiger partial charge on any atom is -0.462 e. The van der Waals surface area contributed by atoms with Crippen molar-refractivity contribution >= 4 is 12.3 Å². The average Bonchev–Trinajstić information content (AvgIpc) is 2.87. The zero-order valence-corrected chi connectivity index (χ0v) is 21.4. The van der Waals surface area contributed by atoms with Crippen LogP contribution in [0.3, 0.4) is 0 Å². The number of benzene rings is 1. The van der Waals surface area contributed by atoms with Crippen molar-refractivity contribution < 1.29 is 24.2 Å². The third-order valence-electron chi connectivity index (χ3n) is 6.44. The molecule has 190 valence electrons. The van der Waals surface area contributed by atoms with E-state index in [1.165, 1.54) is 56.9 Å². The van der Waals surface area contributed by atoms with Crippen LogP contribution in [0, 0.1) is 5.92 Å². The van der Waals surface area contributed by atoms with E-state index in [-0.39, 0.29) is 24.1 Å². The summed E-state index contributed by atoms with van der Waals surface area (Å²) in [4.78, 5) is 21.2. The fraction of sp³-hybridized carbons (Fsp3) is 0.586. The van der Waals surface area contributed by atoms with Crippen molar-refractivity contribution in [1.82, 2.24) is 0 Å². The summed E-state index contributed by atoms with van der Waals surface area (Å²) in [7, 11) is 1.68. The second-order valence-corrected chi connectivity index (χ2v) is 9.35. The molecule has 1 N–H and O–H groups in total. The SMILES string of the molecule is C=C(C)C(=O)OCC(COC)c1ccc(C2CCC(CCCCC)CC2)cc1.C=C(C=O)CO. The van der Waals surface area contributed by atoms with E-state index in [1.807, 2.05) is 0 Å². The summed E-state index contributed by atoms with van der Waals surface area (Å²) < 4.78 is 10.7. The van der Waals surface area contributed by atoms with Gasteiger partial charge in [-0.15, -0.1) is 0 Å². The Morgan fingerprint density at radius 1 is 1.12 bits per heavy atom. The fourth-order valence-electron chi connectivity index (χ4n) is 4.29. The smallest absolute Gasteiger partial charge is 0.333 e. The van der Waals surface area contributed by atoms with Gasteiger partial charge in [-0.2, -0.15) is 0 Å². The minimum absolute atomic E-state index is 0.0525. The summed E-state index contributed by atoms with van der Waals surface area (Å²) >= 11 is 0. The summed E-state index contributed by atoms with van der Waals surface area (Å²) in [5.41, 5.74) is 3.26. The van der Waals surface area contributed by atoms with Crippen molar-refractivity contribution in [2.45, 2.75) is 77.0 Å². The van der Waals surface area contributed by atoms with Crippen molar-refractivity contribution in [3.63, 3.8) is 0 Å². The number of unbranched alkanes of at least 4 members (excludes halogenated alkanes) is 2. The molecular formula is C29H44O5. The van der Waals surface area contributed by atoms with Crippen LogP contribution in [0.4, 0.5) is 0 Å². The predicted octanol–water partition coefficient (Wildman–Crippen LogP) is 6.12. The Bertz CT molecular complexity index is 744. The third kappa shape index (κ3) is 11.3. The molecule has 0 spiro atoms. The monoisotopic (exact) mass is 472 g/mol. The van der Waals surface area contributed by atoms with Gasteiger partial charge in [-0.1, -0.05) is 70.0 Å². The van der Waals surface area contributed by atoms with Crippen LogP contribution in [-0.4, -0.2) is 44.3 Å². The van der Waals surface area contributed by atoms with Gasteiger partial charge in [-0.25, -0.2) is 4.79 Å². The van der Waals surface area contributed by atoms with Crippen LogP contribution < -0.4 is 0 Å². The highest BCUT2D eigenvalue weighted by atomic mass is 16.5. The lowest BCUT2D eigenvalue weighted by molar-refractivity contribution is -0.139. The highest BCUT2D eigenvalue weighted by molar-refractivity contribution is 5.86. The van der Waals surface area contributed by atoms with Crippen molar-refractivity contribution in [3.05, 3.63) is 59.7 Å². The molecule has 0 amide bonds. The summed E-state index contributed by atoms with van der Waals surface area (Å²) in [6, 6.07) is 8.89. The number of ether oxygens (including phenoxy) is 2. The maximum Gasteiger partial charge on any atom is 0.333 e. The van der Waals surface area contributed by atoms with Crippen LogP contribution in [0.5, 0.6) is 0 Å². The van der Waals surface area contributed by atoms with Gasteiger partial charge in [-0.05, 0) is 55.6 Å². The van der Waals surface area contributed by atoms with E-state index in [0.29, 0.717) is 31.0 Å². The average molecular weight is 473 g/mol. The second kappa shape index (κ2) is 17.2. The number of carbonyl (C=O) groups excluding carboxylic acids is 2.